The summed E-state index contributed by atoms with van der Waals surface area (Å²) in [5.41, 5.74) is 5.55. The zero-order valence-corrected chi connectivity index (χ0v) is 9.88. The maximum absolute atomic E-state index is 11.9. The molecule has 1 aliphatic rings. The van der Waals surface area contributed by atoms with Crippen LogP contribution in [0.4, 0.5) is 0 Å². The van der Waals surface area contributed by atoms with Gasteiger partial charge in [0.25, 0.3) is 0 Å². The number of nitrogens with zero attached hydrogens (tertiary/aromatic N) is 1. The number of hydrogen-bond donors (Lipinski definition) is 3. The third-order valence-electron chi connectivity index (χ3n) is 2.69. The van der Waals surface area contributed by atoms with Gasteiger partial charge >= 0.3 is 5.97 Å². The van der Waals surface area contributed by atoms with Gasteiger partial charge in [0.05, 0.1) is 6.04 Å². The van der Waals surface area contributed by atoms with Crippen LogP contribution in [0.1, 0.15) is 19.8 Å². The maximum atomic E-state index is 11.9. The number of nitrogens with two attached hydrogens (primary N) is 1. The zero-order chi connectivity index (χ0) is 13.9. The monoisotopic (exact) mass is 257 g/mol. The van der Waals surface area contributed by atoms with Crippen LogP contribution in [-0.4, -0.2) is 52.3 Å². The molecule has 3 amide bonds. The fourth-order valence-corrected chi connectivity index (χ4v) is 1.60. The molecule has 0 aromatic heterocycles. The highest BCUT2D eigenvalue weighted by Crippen LogP contribution is 2.08. The first-order valence-corrected chi connectivity index (χ1v) is 5.44. The van der Waals surface area contributed by atoms with E-state index in [9.17, 15) is 19.2 Å². The lowest BCUT2D eigenvalue weighted by atomic mass is 10.1. The van der Waals surface area contributed by atoms with Crippen LogP contribution in [0, 0.1) is 0 Å². The minimum atomic E-state index is -1.06. The summed E-state index contributed by atoms with van der Waals surface area (Å²) < 4.78 is 0. The molecule has 0 aliphatic carbocycles. The molecule has 0 bridgehead atoms. The number of piperazine rings is 1. The van der Waals surface area contributed by atoms with E-state index < -0.39 is 35.8 Å². The molecule has 0 saturated carbocycles. The van der Waals surface area contributed by atoms with E-state index in [1.165, 1.54) is 6.92 Å². The molecule has 2 unspecified atom stereocenters. The van der Waals surface area contributed by atoms with E-state index in [0.29, 0.717) is 0 Å². The first kappa shape index (κ1) is 14.1. The number of hydrogen-bond acceptors (Lipinski definition) is 5. The van der Waals surface area contributed by atoms with Crippen molar-refractivity contribution in [1.29, 1.82) is 0 Å². The van der Waals surface area contributed by atoms with Crippen molar-refractivity contribution in [2.75, 3.05) is 6.54 Å². The molecular weight excluding hydrogens is 242 g/mol. The van der Waals surface area contributed by atoms with Crippen LogP contribution < -0.4 is 11.1 Å². The van der Waals surface area contributed by atoms with Crippen molar-refractivity contribution in [2.24, 2.45) is 5.73 Å². The molecule has 0 aromatic rings. The highest BCUT2D eigenvalue weighted by molar-refractivity contribution is 6.04. The Labute approximate surface area is 103 Å². The average Bonchev–Trinajstić information content (AvgIpc) is 2.29. The van der Waals surface area contributed by atoms with Gasteiger partial charge in [-0.2, -0.15) is 0 Å². The Morgan fingerprint density at radius 1 is 1.56 bits per heavy atom. The van der Waals surface area contributed by atoms with Gasteiger partial charge in [0.1, 0.15) is 12.6 Å². The van der Waals surface area contributed by atoms with Crippen molar-refractivity contribution in [3.8, 4) is 0 Å². The van der Waals surface area contributed by atoms with Gasteiger partial charge < -0.3 is 15.7 Å². The van der Waals surface area contributed by atoms with Crippen LogP contribution in [0.3, 0.4) is 0 Å². The lowest BCUT2D eigenvalue weighted by Gasteiger charge is -2.33. The van der Waals surface area contributed by atoms with Gasteiger partial charge in [-0.05, 0) is 13.3 Å². The molecular formula is C10H15N3O5. The largest absolute Gasteiger partial charge is 0.481 e. The highest BCUT2D eigenvalue weighted by atomic mass is 16.4. The molecule has 18 heavy (non-hydrogen) atoms. The molecule has 2 atom stereocenters. The fraction of sp³-hybridized carbons (Fsp3) is 0.600. The second kappa shape index (κ2) is 5.58. The first-order chi connectivity index (χ1) is 8.32. The van der Waals surface area contributed by atoms with Crippen molar-refractivity contribution in [1.82, 2.24) is 10.2 Å². The zero-order valence-electron chi connectivity index (χ0n) is 9.88. The highest BCUT2D eigenvalue weighted by Gasteiger charge is 2.35. The Morgan fingerprint density at radius 3 is 2.72 bits per heavy atom. The molecule has 1 rings (SSSR count). The second-order valence-corrected chi connectivity index (χ2v) is 4.09. The molecule has 1 fully saturated rings. The molecule has 0 spiro atoms. The SMILES string of the molecule is CC1C(=O)NC(=O)CN1C(=O)C(N)CCC(=O)O. The Kier molecular flexibility index (Phi) is 4.38. The maximum Gasteiger partial charge on any atom is 0.303 e. The molecule has 8 nitrogen and oxygen atoms in total. The van der Waals surface area contributed by atoms with Gasteiger partial charge in [0, 0.05) is 6.42 Å². The minimum absolute atomic E-state index is 0.0345. The smallest absolute Gasteiger partial charge is 0.303 e. The van der Waals surface area contributed by atoms with Crippen molar-refractivity contribution in [2.45, 2.75) is 31.8 Å². The van der Waals surface area contributed by atoms with Crippen molar-refractivity contribution in [3.63, 3.8) is 0 Å². The number of aliphatic carboxylic acids is 1. The molecule has 4 N–H and O–H groups in total. The van der Waals surface area contributed by atoms with Crippen molar-refractivity contribution in [3.05, 3.63) is 0 Å². The Balaban J connectivity index is 2.66. The predicted octanol–water partition coefficient (Wildman–Crippen LogP) is -1.95. The summed E-state index contributed by atoms with van der Waals surface area (Å²) in [4.78, 5) is 45.8. The number of imide groups is 1. The summed E-state index contributed by atoms with van der Waals surface area (Å²) in [6, 6.07) is -1.81. The van der Waals surface area contributed by atoms with E-state index in [-0.39, 0.29) is 19.4 Å². The number of carbonyl (C=O) groups is 4. The Morgan fingerprint density at radius 2 is 2.17 bits per heavy atom. The van der Waals surface area contributed by atoms with Gasteiger partial charge in [-0.25, -0.2) is 0 Å². The number of nitrogens with one attached hydrogen (secondary N) is 1. The quantitative estimate of drug-likeness (QED) is 0.502. The number of carboxylic acid groups (broad SMARTS) is 1. The molecule has 1 heterocycles. The summed E-state index contributed by atoms with van der Waals surface area (Å²) in [6.07, 6.45) is -0.275. The minimum Gasteiger partial charge on any atom is -0.481 e. The van der Waals surface area contributed by atoms with Crippen LogP contribution in [0.15, 0.2) is 0 Å². The lowest BCUT2D eigenvalue weighted by molar-refractivity contribution is -0.150. The van der Waals surface area contributed by atoms with E-state index in [4.69, 9.17) is 10.8 Å². The van der Waals surface area contributed by atoms with Gasteiger partial charge in [-0.1, -0.05) is 0 Å². The van der Waals surface area contributed by atoms with Gasteiger partial charge in [0.15, 0.2) is 0 Å². The first-order valence-electron chi connectivity index (χ1n) is 5.44. The number of rotatable bonds is 4. The van der Waals surface area contributed by atoms with Gasteiger partial charge in [0.2, 0.25) is 17.7 Å². The molecule has 1 aliphatic heterocycles. The summed E-state index contributed by atoms with van der Waals surface area (Å²) in [5.74, 6) is -2.78. The Bertz CT molecular complexity index is 395. The second-order valence-electron chi connectivity index (χ2n) is 4.09. The standard InChI is InChI=1S/C10H15N3O5/c1-5-9(17)12-7(14)4-13(5)10(18)6(11)2-3-8(15)16/h5-6H,2-4,11H2,1H3,(H,15,16)(H,12,14,17). The van der Waals surface area contributed by atoms with E-state index in [1.54, 1.807) is 0 Å². The van der Waals surface area contributed by atoms with Crippen LogP contribution in [0.2, 0.25) is 0 Å². The molecule has 1 saturated heterocycles. The fourth-order valence-electron chi connectivity index (χ4n) is 1.60. The van der Waals surface area contributed by atoms with Crippen molar-refractivity contribution < 1.29 is 24.3 Å². The number of carboxylic acids is 1. The van der Waals surface area contributed by atoms with E-state index in [1.807, 2.05) is 0 Å². The third-order valence-corrected chi connectivity index (χ3v) is 2.69. The normalized spacial score (nSPS) is 21.4. The molecule has 100 valence electrons. The molecule has 8 heteroatoms. The Hall–Kier alpha value is -1.96. The van der Waals surface area contributed by atoms with E-state index in [2.05, 4.69) is 5.32 Å². The molecule has 0 radical (unpaired) electrons. The topological polar surface area (TPSA) is 130 Å². The van der Waals surface area contributed by atoms with Crippen LogP contribution >= 0.6 is 0 Å². The summed E-state index contributed by atoms with van der Waals surface area (Å²) in [7, 11) is 0. The summed E-state index contributed by atoms with van der Waals surface area (Å²) >= 11 is 0. The third kappa shape index (κ3) is 3.27. The summed E-state index contributed by atoms with van der Waals surface area (Å²) in [5, 5.41) is 10.6. The summed E-state index contributed by atoms with van der Waals surface area (Å²) in [6.45, 7) is 1.23. The van der Waals surface area contributed by atoms with Crippen LogP contribution in [0.5, 0.6) is 0 Å². The van der Waals surface area contributed by atoms with E-state index in [0.717, 1.165) is 4.90 Å². The molecule has 0 aromatic carbocycles. The lowest BCUT2D eigenvalue weighted by Crippen LogP contribution is -2.61. The average molecular weight is 257 g/mol. The number of amides is 3. The van der Waals surface area contributed by atoms with Crippen LogP contribution in [0.25, 0.3) is 0 Å². The van der Waals surface area contributed by atoms with Crippen molar-refractivity contribution >= 4 is 23.7 Å². The number of carbonyl (C=O) groups excluding carboxylic acids is 3. The van der Waals surface area contributed by atoms with Gasteiger partial charge in [-0.3, -0.25) is 24.5 Å². The predicted molar refractivity (Wildman–Crippen MR) is 59.2 cm³/mol. The van der Waals surface area contributed by atoms with Gasteiger partial charge in [-0.15, -0.1) is 0 Å². The van der Waals surface area contributed by atoms with E-state index >= 15 is 0 Å². The van der Waals surface area contributed by atoms with Crippen LogP contribution in [-0.2, 0) is 19.2 Å².